The fourth-order valence-electron chi connectivity index (χ4n) is 3.00. The minimum absolute atomic E-state index is 0.0638. The first-order chi connectivity index (χ1) is 9.05. The number of nitrogens with one attached hydrogen (secondary N) is 1. The maximum Gasteiger partial charge on any atom is 0.230 e. The standard InChI is InChI=1S/C15H24N2O2/c1-12-6-7-13(19-12)10-14(18)17-9-5-4-8-15(17,2)11-16-3/h6-7,16H,4-5,8-11H2,1-3H3. The molecule has 0 radical (unpaired) electrons. The fourth-order valence-corrected chi connectivity index (χ4v) is 3.00. The number of piperidine rings is 1. The second kappa shape index (κ2) is 5.78. The molecule has 1 amide bonds. The predicted molar refractivity (Wildman–Crippen MR) is 75.0 cm³/mol. The van der Waals surface area contributed by atoms with Crippen LogP contribution in [-0.4, -0.2) is 36.5 Å². The third-order valence-electron chi connectivity index (χ3n) is 3.98. The number of carbonyl (C=O) groups is 1. The zero-order valence-corrected chi connectivity index (χ0v) is 12.2. The van der Waals surface area contributed by atoms with Gasteiger partial charge in [0.1, 0.15) is 11.5 Å². The molecule has 1 N–H and O–H groups in total. The van der Waals surface area contributed by atoms with Crippen molar-refractivity contribution >= 4 is 5.91 Å². The molecule has 2 heterocycles. The molecule has 4 nitrogen and oxygen atoms in total. The topological polar surface area (TPSA) is 45.5 Å². The quantitative estimate of drug-likeness (QED) is 0.906. The lowest BCUT2D eigenvalue weighted by atomic mass is 9.88. The number of hydrogen-bond donors (Lipinski definition) is 1. The molecule has 0 aliphatic carbocycles. The van der Waals surface area contributed by atoms with Gasteiger partial charge in [-0.25, -0.2) is 0 Å². The van der Waals surface area contributed by atoms with Crippen LogP contribution in [0.4, 0.5) is 0 Å². The summed E-state index contributed by atoms with van der Waals surface area (Å²) < 4.78 is 5.51. The van der Waals surface area contributed by atoms with Gasteiger partial charge < -0.3 is 14.6 Å². The maximum absolute atomic E-state index is 12.5. The van der Waals surface area contributed by atoms with Crippen LogP contribution < -0.4 is 5.32 Å². The van der Waals surface area contributed by atoms with Gasteiger partial charge in [0.25, 0.3) is 0 Å². The Morgan fingerprint density at radius 2 is 2.26 bits per heavy atom. The van der Waals surface area contributed by atoms with Crippen LogP contribution >= 0.6 is 0 Å². The minimum atomic E-state index is -0.0638. The van der Waals surface area contributed by atoms with Gasteiger partial charge in [0.15, 0.2) is 0 Å². The van der Waals surface area contributed by atoms with Gasteiger partial charge in [-0.1, -0.05) is 0 Å². The smallest absolute Gasteiger partial charge is 0.230 e. The number of rotatable bonds is 4. The molecule has 0 aromatic carbocycles. The lowest BCUT2D eigenvalue weighted by molar-refractivity contribution is -0.138. The Hall–Kier alpha value is -1.29. The van der Waals surface area contributed by atoms with Gasteiger partial charge >= 0.3 is 0 Å². The Kier molecular flexibility index (Phi) is 4.30. The summed E-state index contributed by atoms with van der Waals surface area (Å²) in [5.41, 5.74) is -0.0638. The van der Waals surface area contributed by atoms with E-state index in [0.717, 1.165) is 37.5 Å². The highest BCUT2D eigenvalue weighted by Gasteiger charge is 2.36. The van der Waals surface area contributed by atoms with E-state index < -0.39 is 0 Å². The highest BCUT2D eigenvalue weighted by atomic mass is 16.3. The van der Waals surface area contributed by atoms with Crippen LogP contribution in [-0.2, 0) is 11.2 Å². The first-order valence-electron chi connectivity index (χ1n) is 7.05. The number of aryl methyl sites for hydroxylation is 1. The summed E-state index contributed by atoms with van der Waals surface area (Å²) in [7, 11) is 1.94. The molecule has 106 valence electrons. The fraction of sp³-hybridized carbons (Fsp3) is 0.667. The van der Waals surface area contributed by atoms with E-state index in [1.807, 2.05) is 31.0 Å². The molecular weight excluding hydrogens is 240 g/mol. The summed E-state index contributed by atoms with van der Waals surface area (Å²) in [5, 5.41) is 3.21. The Labute approximate surface area is 115 Å². The molecule has 1 atom stereocenters. The van der Waals surface area contributed by atoms with Gasteiger partial charge in [-0.2, -0.15) is 0 Å². The van der Waals surface area contributed by atoms with E-state index in [9.17, 15) is 4.79 Å². The van der Waals surface area contributed by atoms with Crippen LogP contribution in [0.3, 0.4) is 0 Å². The van der Waals surface area contributed by atoms with E-state index in [4.69, 9.17) is 4.42 Å². The average molecular weight is 264 g/mol. The summed E-state index contributed by atoms with van der Waals surface area (Å²) in [6.45, 7) is 5.78. The van der Waals surface area contributed by atoms with Crippen LogP contribution in [0.15, 0.2) is 16.5 Å². The van der Waals surface area contributed by atoms with Crippen molar-refractivity contribution in [1.29, 1.82) is 0 Å². The van der Waals surface area contributed by atoms with Crippen LogP contribution in [0.5, 0.6) is 0 Å². The first-order valence-corrected chi connectivity index (χ1v) is 7.05. The molecule has 0 saturated carbocycles. The molecule has 1 saturated heterocycles. The molecule has 1 fully saturated rings. The highest BCUT2D eigenvalue weighted by Crippen LogP contribution is 2.28. The van der Waals surface area contributed by atoms with Gasteiger partial charge in [0.2, 0.25) is 5.91 Å². The van der Waals surface area contributed by atoms with Gasteiger partial charge in [0.05, 0.1) is 12.0 Å². The number of likely N-dealkylation sites (N-methyl/N-ethyl adjacent to an activating group) is 1. The molecule has 4 heteroatoms. The summed E-state index contributed by atoms with van der Waals surface area (Å²) in [6.07, 6.45) is 3.73. The molecule has 0 spiro atoms. The Balaban J connectivity index is 2.07. The summed E-state index contributed by atoms with van der Waals surface area (Å²) >= 11 is 0. The van der Waals surface area contributed by atoms with Crippen LogP contribution in [0.25, 0.3) is 0 Å². The largest absolute Gasteiger partial charge is 0.466 e. The molecule has 1 aromatic rings. The Morgan fingerprint density at radius 1 is 1.47 bits per heavy atom. The lowest BCUT2D eigenvalue weighted by Crippen LogP contribution is -2.57. The maximum atomic E-state index is 12.5. The number of amides is 1. The molecule has 1 aliphatic rings. The van der Waals surface area contributed by atoms with E-state index >= 15 is 0 Å². The van der Waals surface area contributed by atoms with Crippen molar-refractivity contribution in [3.8, 4) is 0 Å². The Morgan fingerprint density at radius 3 is 2.89 bits per heavy atom. The van der Waals surface area contributed by atoms with E-state index in [2.05, 4.69) is 12.2 Å². The predicted octanol–water partition coefficient (Wildman–Crippen LogP) is 2.12. The molecule has 1 aliphatic heterocycles. The van der Waals surface area contributed by atoms with Crippen LogP contribution in [0.1, 0.15) is 37.7 Å². The molecule has 2 rings (SSSR count). The van der Waals surface area contributed by atoms with Crippen molar-refractivity contribution in [2.75, 3.05) is 20.1 Å². The van der Waals surface area contributed by atoms with Crippen molar-refractivity contribution in [3.05, 3.63) is 23.7 Å². The second-order valence-electron chi connectivity index (χ2n) is 5.72. The first kappa shape index (κ1) is 14.1. The summed E-state index contributed by atoms with van der Waals surface area (Å²) in [6, 6.07) is 3.80. The monoisotopic (exact) mass is 264 g/mol. The zero-order valence-electron chi connectivity index (χ0n) is 12.2. The average Bonchev–Trinajstić information content (AvgIpc) is 2.75. The zero-order chi connectivity index (χ0) is 13.9. The lowest BCUT2D eigenvalue weighted by Gasteiger charge is -2.45. The summed E-state index contributed by atoms with van der Waals surface area (Å²) in [5.74, 6) is 1.80. The van der Waals surface area contributed by atoms with Gasteiger partial charge in [-0.15, -0.1) is 0 Å². The normalized spacial score (nSPS) is 23.6. The van der Waals surface area contributed by atoms with Crippen LogP contribution in [0.2, 0.25) is 0 Å². The van der Waals surface area contributed by atoms with Gasteiger partial charge in [0, 0.05) is 13.1 Å². The number of carbonyl (C=O) groups excluding carboxylic acids is 1. The molecular formula is C15H24N2O2. The van der Waals surface area contributed by atoms with Crippen molar-refractivity contribution < 1.29 is 9.21 Å². The number of nitrogens with zero attached hydrogens (tertiary/aromatic N) is 1. The minimum Gasteiger partial charge on any atom is -0.466 e. The van der Waals surface area contributed by atoms with Crippen molar-refractivity contribution in [1.82, 2.24) is 10.2 Å². The number of furan rings is 1. The molecule has 0 bridgehead atoms. The van der Waals surface area contributed by atoms with Gasteiger partial charge in [-0.3, -0.25) is 4.79 Å². The van der Waals surface area contributed by atoms with Crippen LogP contribution in [0, 0.1) is 6.92 Å². The number of hydrogen-bond acceptors (Lipinski definition) is 3. The van der Waals surface area contributed by atoms with Gasteiger partial charge in [-0.05, 0) is 52.3 Å². The molecule has 1 unspecified atom stereocenters. The molecule has 19 heavy (non-hydrogen) atoms. The Bertz CT molecular complexity index is 437. The van der Waals surface area contributed by atoms with E-state index in [0.29, 0.717) is 6.42 Å². The molecule has 1 aromatic heterocycles. The van der Waals surface area contributed by atoms with Crippen molar-refractivity contribution in [2.45, 2.75) is 45.1 Å². The van der Waals surface area contributed by atoms with E-state index in [-0.39, 0.29) is 11.4 Å². The highest BCUT2D eigenvalue weighted by molar-refractivity contribution is 5.79. The second-order valence-corrected chi connectivity index (χ2v) is 5.72. The van der Waals surface area contributed by atoms with E-state index in [1.165, 1.54) is 6.42 Å². The van der Waals surface area contributed by atoms with Crippen molar-refractivity contribution in [3.63, 3.8) is 0 Å². The van der Waals surface area contributed by atoms with Crippen molar-refractivity contribution in [2.24, 2.45) is 0 Å². The third kappa shape index (κ3) is 3.18. The summed E-state index contributed by atoms with van der Waals surface area (Å²) in [4.78, 5) is 14.5. The number of likely N-dealkylation sites (tertiary alicyclic amines) is 1. The SMILES string of the molecule is CNCC1(C)CCCCN1C(=O)Cc1ccc(C)o1. The van der Waals surface area contributed by atoms with E-state index in [1.54, 1.807) is 0 Å². The third-order valence-corrected chi connectivity index (χ3v) is 3.98.